The number of rotatable bonds is 4. The van der Waals surface area contributed by atoms with Gasteiger partial charge < -0.3 is 19.3 Å². The van der Waals surface area contributed by atoms with E-state index in [1.54, 1.807) is 11.8 Å². The zero-order chi connectivity index (χ0) is 25.4. The first kappa shape index (κ1) is 24.4. The number of para-hydroxylation sites is 2. The first-order chi connectivity index (χ1) is 17.2. The zero-order valence-corrected chi connectivity index (χ0v) is 19.9. The van der Waals surface area contributed by atoms with Gasteiger partial charge in [-0.25, -0.2) is 0 Å². The minimum absolute atomic E-state index is 0.0575. The molecule has 2 bridgehead atoms. The Balaban J connectivity index is 1.39. The highest BCUT2D eigenvalue weighted by atomic mass is 19.4. The van der Waals surface area contributed by atoms with Crippen LogP contribution in [0.15, 0.2) is 48.5 Å². The summed E-state index contributed by atoms with van der Waals surface area (Å²) in [4.78, 5) is 31.5. The normalized spacial score (nSPS) is 23.1. The van der Waals surface area contributed by atoms with Crippen LogP contribution < -0.4 is 14.4 Å². The van der Waals surface area contributed by atoms with Gasteiger partial charge in [0, 0.05) is 39.0 Å². The first-order valence-electron chi connectivity index (χ1n) is 12.1. The van der Waals surface area contributed by atoms with Gasteiger partial charge in [0.05, 0.1) is 18.3 Å². The molecular weight excluding hydrogens is 475 g/mol. The molecule has 3 heterocycles. The first-order valence-corrected chi connectivity index (χ1v) is 12.1. The van der Waals surface area contributed by atoms with Crippen LogP contribution in [0.4, 0.5) is 18.9 Å². The largest absolute Gasteiger partial charge is 0.573 e. The summed E-state index contributed by atoms with van der Waals surface area (Å²) in [5.74, 6) is 0.308. The van der Waals surface area contributed by atoms with Crippen LogP contribution in [0, 0.1) is 0 Å². The molecule has 10 heteroatoms. The predicted molar refractivity (Wildman–Crippen MR) is 126 cm³/mol. The molecule has 0 radical (unpaired) electrons. The molecule has 2 fully saturated rings. The van der Waals surface area contributed by atoms with Gasteiger partial charge in [0.15, 0.2) is 0 Å². The van der Waals surface area contributed by atoms with Crippen molar-refractivity contribution in [1.82, 2.24) is 9.80 Å². The average Bonchev–Trinajstić information content (AvgIpc) is 3.27. The van der Waals surface area contributed by atoms with Gasteiger partial charge in [0.2, 0.25) is 11.8 Å². The maximum Gasteiger partial charge on any atom is 0.573 e. The number of ether oxygens (including phenoxy) is 2. The van der Waals surface area contributed by atoms with E-state index in [1.165, 1.54) is 24.3 Å². The van der Waals surface area contributed by atoms with E-state index in [0.717, 1.165) is 12.8 Å². The van der Waals surface area contributed by atoms with Gasteiger partial charge in [-0.15, -0.1) is 13.2 Å². The van der Waals surface area contributed by atoms with E-state index in [0.29, 0.717) is 43.1 Å². The van der Waals surface area contributed by atoms with Crippen LogP contribution in [0.25, 0.3) is 0 Å². The van der Waals surface area contributed by atoms with Gasteiger partial charge >= 0.3 is 6.36 Å². The number of piperidine rings is 1. The number of hydrogen-bond acceptors (Lipinski definition) is 5. The topological polar surface area (TPSA) is 62.3 Å². The van der Waals surface area contributed by atoms with Crippen molar-refractivity contribution >= 4 is 17.5 Å². The zero-order valence-electron chi connectivity index (χ0n) is 19.9. The lowest BCUT2D eigenvalue weighted by Gasteiger charge is -2.39. The number of hydrogen-bond donors (Lipinski definition) is 0. The van der Waals surface area contributed by atoms with E-state index >= 15 is 0 Å². The lowest BCUT2D eigenvalue weighted by Crippen LogP contribution is -2.52. The fourth-order valence-electron chi connectivity index (χ4n) is 5.47. The van der Waals surface area contributed by atoms with Gasteiger partial charge in [0.25, 0.3) is 0 Å². The number of halogens is 3. The van der Waals surface area contributed by atoms with Crippen LogP contribution in [0.2, 0.25) is 0 Å². The minimum Gasteiger partial charge on any atom is -0.487 e. The van der Waals surface area contributed by atoms with Crippen molar-refractivity contribution < 1.29 is 32.2 Å². The molecule has 3 aliphatic heterocycles. The van der Waals surface area contributed by atoms with Crippen molar-refractivity contribution in [3.63, 3.8) is 0 Å². The summed E-state index contributed by atoms with van der Waals surface area (Å²) in [7, 11) is 0. The number of benzene rings is 2. The van der Waals surface area contributed by atoms with E-state index in [1.807, 2.05) is 29.2 Å². The molecule has 0 aliphatic carbocycles. The maximum absolute atomic E-state index is 14.0. The van der Waals surface area contributed by atoms with Gasteiger partial charge in [-0.1, -0.05) is 24.3 Å². The van der Waals surface area contributed by atoms with Crippen LogP contribution in [0.5, 0.6) is 11.5 Å². The summed E-state index contributed by atoms with van der Waals surface area (Å²) < 4.78 is 47.9. The number of amides is 2. The number of likely N-dealkylation sites (tertiary alicyclic amines) is 2. The third-order valence-corrected chi connectivity index (χ3v) is 7.18. The molecule has 2 aromatic rings. The third-order valence-electron chi connectivity index (χ3n) is 7.18. The third kappa shape index (κ3) is 5.13. The fourth-order valence-corrected chi connectivity index (χ4v) is 5.47. The summed E-state index contributed by atoms with van der Waals surface area (Å²) >= 11 is 0. The van der Waals surface area contributed by atoms with Crippen molar-refractivity contribution in [2.75, 3.05) is 24.5 Å². The highest BCUT2D eigenvalue weighted by molar-refractivity contribution is 5.99. The molecule has 2 saturated heterocycles. The van der Waals surface area contributed by atoms with Crippen LogP contribution in [-0.4, -0.2) is 65.8 Å². The second kappa shape index (κ2) is 9.65. The van der Waals surface area contributed by atoms with Gasteiger partial charge in [-0.05, 0) is 42.7 Å². The molecule has 2 amide bonds. The Morgan fingerprint density at radius 2 is 1.78 bits per heavy atom. The van der Waals surface area contributed by atoms with Crippen LogP contribution in [-0.2, 0) is 16.1 Å². The second-order valence-corrected chi connectivity index (χ2v) is 9.51. The Morgan fingerprint density at radius 1 is 1.08 bits per heavy atom. The minimum atomic E-state index is -4.76. The quantitative estimate of drug-likeness (QED) is 0.632. The summed E-state index contributed by atoms with van der Waals surface area (Å²) in [6.45, 7) is 3.72. The molecule has 0 spiro atoms. The monoisotopic (exact) mass is 503 g/mol. The van der Waals surface area contributed by atoms with E-state index in [2.05, 4.69) is 9.64 Å². The highest BCUT2D eigenvalue weighted by Crippen LogP contribution is 2.38. The van der Waals surface area contributed by atoms with Gasteiger partial charge in [0.1, 0.15) is 17.6 Å². The molecule has 0 aromatic heterocycles. The van der Waals surface area contributed by atoms with Crippen molar-refractivity contribution in [2.45, 2.75) is 57.3 Å². The van der Waals surface area contributed by atoms with Gasteiger partial charge in [-0.3, -0.25) is 14.5 Å². The Kier molecular flexibility index (Phi) is 6.55. The van der Waals surface area contributed by atoms with E-state index in [4.69, 9.17) is 4.74 Å². The molecule has 0 N–H and O–H groups in total. The van der Waals surface area contributed by atoms with E-state index in [-0.39, 0.29) is 42.3 Å². The van der Waals surface area contributed by atoms with Crippen LogP contribution in [0.3, 0.4) is 0 Å². The molecule has 2 unspecified atom stereocenters. The van der Waals surface area contributed by atoms with Crippen LogP contribution >= 0.6 is 0 Å². The number of alkyl halides is 3. The molecule has 192 valence electrons. The molecular formula is C26H28F3N3O4. The Morgan fingerprint density at radius 3 is 2.44 bits per heavy atom. The van der Waals surface area contributed by atoms with E-state index in [9.17, 15) is 22.8 Å². The van der Waals surface area contributed by atoms with Crippen LogP contribution in [0.1, 0.15) is 31.7 Å². The Bertz CT molecular complexity index is 1120. The lowest BCUT2D eigenvalue weighted by molar-refractivity contribution is -0.274. The van der Waals surface area contributed by atoms with Gasteiger partial charge in [-0.2, -0.15) is 0 Å². The van der Waals surface area contributed by atoms with Crippen molar-refractivity contribution in [3.8, 4) is 11.5 Å². The molecule has 3 aliphatic rings. The van der Waals surface area contributed by atoms with Crippen molar-refractivity contribution in [1.29, 1.82) is 0 Å². The molecule has 36 heavy (non-hydrogen) atoms. The number of fused-ring (bicyclic) bond motifs is 3. The molecule has 2 atom stereocenters. The SMILES string of the molecule is CC(=O)N1CCC(N2CC3CC2C(=O)N(Cc2ccc(OC(F)(F)F)cc2)c2ccccc2O3)CC1. The Hall–Kier alpha value is -3.27. The lowest BCUT2D eigenvalue weighted by atomic mass is 10.0. The summed E-state index contributed by atoms with van der Waals surface area (Å²) in [5.41, 5.74) is 1.31. The standard InChI is InChI=1S/C26H28F3N3O4/c1-17(33)30-12-10-19(11-13-30)31-16-21-14-23(31)25(34)32(22-4-2-3-5-24(22)35-21)15-18-6-8-20(9-7-18)36-26(27,28)29/h2-9,19,21,23H,10-16H2,1H3. The summed E-state index contributed by atoms with van der Waals surface area (Å²) in [5, 5.41) is 0. The molecule has 5 rings (SSSR count). The fraction of sp³-hybridized carbons (Fsp3) is 0.462. The molecule has 7 nitrogen and oxygen atoms in total. The Labute approximate surface area is 207 Å². The summed E-state index contributed by atoms with van der Waals surface area (Å²) in [6, 6.07) is 12.7. The average molecular weight is 504 g/mol. The summed E-state index contributed by atoms with van der Waals surface area (Å²) in [6.07, 6.45) is -2.73. The number of nitrogens with zero attached hydrogens (tertiary/aromatic N) is 3. The van der Waals surface area contributed by atoms with Crippen molar-refractivity contribution in [3.05, 3.63) is 54.1 Å². The smallest absolute Gasteiger partial charge is 0.487 e. The number of carbonyl (C=O) groups is 2. The number of anilines is 1. The highest BCUT2D eigenvalue weighted by Gasteiger charge is 2.46. The predicted octanol–water partition coefficient (Wildman–Crippen LogP) is 3.96. The maximum atomic E-state index is 14.0. The molecule has 2 aromatic carbocycles. The second-order valence-electron chi connectivity index (χ2n) is 9.51. The van der Waals surface area contributed by atoms with E-state index < -0.39 is 6.36 Å². The van der Waals surface area contributed by atoms with Crippen molar-refractivity contribution in [2.24, 2.45) is 0 Å². The molecule has 0 saturated carbocycles. The number of carbonyl (C=O) groups excluding carboxylic acids is 2.